The highest BCUT2D eigenvalue weighted by molar-refractivity contribution is 7.91. The number of aromatic amines is 1. The van der Waals surface area contributed by atoms with E-state index in [1.165, 1.54) is 11.3 Å². The molecule has 7 rings (SSSR count). The molecule has 11 nitrogen and oxygen atoms in total. The monoisotopic (exact) mass is 656 g/mol. The first-order valence-electron chi connectivity index (χ1n) is 15.2. The lowest BCUT2D eigenvalue weighted by Crippen LogP contribution is -2.34. The molecular weight excluding hydrogens is 625 g/mol. The number of pyridine rings is 1. The van der Waals surface area contributed by atoms with E-state index in [0.29, 0.717) is 40.2 Å². The van der Waals surface area contributed by atoms with Crippen molar-refractivity contribution in [2.75, 3.05) is 11.4 Å². The van der Waals surface area contributed by atoms with Crippen LogP contribution in [0.4, 0.5) is 5.13 Å². The van der Waals surface area contributed by atoms with Crippen molar-refractivity contribution in [1.29, 1.82) is 0 Å². The molecule has 2 fully saturated rings. The largest absolute Gasteiger partial charge is 0.439 e. The Morgan fingerprint density at radius 1 is 1.09 bits per heavy atom. The fourth-order valence-corrected chi connectivity index (χ4v) is 7.89. The minimum absolute atomic E-state index is 0.0819. The third kappa shape index (κ3) is 6.24. The lowest BCUT2D eigenvalue weighted by Gasteiger charge is -2.29. The van der Waals surface area contributed by atoms with Crippen molar-refractivity contribution in [2.24, 2.45) is 5.92 Å². The number of nitrogens with one attached hydrogen (secondary N) is 2. The van der Waals surface area contributed by atoms with Crippen LogP contribution in [0.15, 0.2) is 76.3 Å². The molecule has 0 radical (unpaired) electrons. The van der Waals surface area contributed by atoms with Gasteiger partial charge in [-0.05, 0) is 68.2 Å². The Bertz CT molecular complexity index is 2060. The number of carbonyl (C=O) groups excluding carboxylic acids is 1. The quantitative estimate of drug-likeness (QED) is 0.182. The Kier molecular flexibility index (Phi) is 7.81. The maximum atomic E-state index is 13.4. The Hall–Kier alpha value is -4.62. The van der Waals surface area contributed by atoms with Crippen LogP contribution in [0.5, 0.6) is 0 Å². The number of hydrogen-bond donors (Lipinski definition) is 2. The standard InChI is InChI=1S/C33H32N6O5S2/c1-19-5-14-26(30-36-33(41)44-37-30)27(16-19)23-10-8-22(9-11-23)20(2)39(18-21-6-7-21)32-35-28(29(45-32)24-4-3-15-34-17-24)31(40)38-46(42,43)25-12-13-25/h3-5,8-11,14-17,20-21,25H,6-7,12-13,18H2,1-2H3,(H,38,40)(H,36,37,41)/t20-/m1/s1. The topological polar surface area (TPSA) is 151 Å². The Balaban J connectivity index is 1.22. The van der Waals surface area contributed by atoms with Crippen LogP contribution in [0.2, 0.25) is 0 Å². The fourth-order valence-electron chi connectivity index (χ4n) is 5.47. The van der Waals surface area contributed by atoms with Crippen LogP contribution in [0.3, 0.4) is 0 Å². The van der Waals surface area contributed by atoms with E-state index in [-0.39, 0.29) is 11.7 Å². The van der Waals surface area contributed by atoms with E-state index in [2.05, 4.69) is 43.8 Å². The summed E-state index contributed by atoms with van der Waals surface area (Å²) in [7, 11) is -3.75. The van der Waals surface area contributed by atoms with Gasteiger partial charge in [0.25, 0.3) is 5.91 Å². The van der Waals surface area contributed by atoms with Crippen molar-refractivity contribution in [1.82, 2.24) is 24.8 Å². The van der Waals surface area contributed by atoms with Crippen LogP contribution in [0.1, 0.15) is 60.3 Å². The van der Waals surface area contributed by atoms with E-state index in [0.717, 1.165) is 47.2 Å². The van der Waals surface area contributed by atoms with Gasteiger partial charge in [-0.25, -0.2) is 22.9 Å². The van der Waals surface area contributed by atoms with Gasteiger partial charge in [-0.3, -0.25) is 19.3 Å². The molecular formula is C33H32N6O5S2. The summed E-state index contributed by atoms with van der Waals surface area (Å²) in [5.41, 5.74) is 5.52. The lowest BCUT2D eigenvalue weighted by atomic mass is 9.95. The Morgan fingerprint density at radius 3 is 2.52 bits per heavy atom. The van der Waals surface area contributed by atoms with Crippen molar-refractivity contribution >= 4 is 32.4 Å². The molecule has 0 bridgehead atoms. The van der Waals surface area contributed by atoms with Gasteiger partial charge in [0.1, 0.15) is 5.69 Å². The van der Waals surface area contributed by atoms with E-state index in [1.54, 1.807) is 18.5 Å². The Labute approximate surface area is 269 Å². The molecule has 46 heavy (non-hydrogen) atoms. The maximum Gasteiger partial charge on any atom is 0.439 e. The highest BCUT2D eigenvalue weighted by Gasteiger charge is 2.38. The van der Waals surface area contributed by atoms with Crippen LogP contribution in [0, 0.1) is 12.8 Å². The van der Waals surface area contributed by atoms with Crippen molar-refractivity contribution in [3.8, 4) is 33.0 Å². The molecule has 236 valence electrons. The van der Waals surface area contributed by atoms with Gasteiger partial charge in [0.15, 0.2) is 11.0 Å². The number of anilines is 1. The van der Waals surface area contributed by atoms with Crippen LogP contribution >= 0.6 is 11.3 Å². The molecule has 0 saturated heterocycles. The van der Waals surface area contributed by atoms with Crippen LogP contribution in [0.25, 0.3) is 33.0 Å². The molecule has 1 amide bonds. The van der Waals surface area contributed by atoms with Crippen LogP contribution in [-0.2, 0) is 10.0 Å². The van der Waals surface area contributed by atoms with Crippen molar-refractivity contribution in [3.05, 3.63) is 94.4 Å². The van der Waals surface area contributed by atoms with Crippen LogP contribution < -0.4 is 15.4 Å². The molecule has 1 atom stereocenters. The second-order valence-corrected chi connectivity index (χ2v) is 14.9. The summed E-state index contributed by atoms with van der Waals surface area (Å²) < 4.78 is 32.3. The highest BCUT2D eigenvalue weighted by atomic mass is 32.2. The number of benzene rings is 2. The molecule has 0 spiro atoms. The summed E-state index contributed by atoms with van der Waals surface area (Å²) >= 11 is 1.37. The van der Waals surface area contributed by atoms with E-state index in [9.17, 15) is 18.0 Å². The second kappa shape index (κ2) is 12.0. The van der Waals surface area contributed by atoms with Gasteiger partial charge < -0.3 is 4.90 Å². The van der Waals surface area contributed by atoms with Crippen molar-refractivity contribution in [3.63, 3.8) is 0 Å². The number of aromatic nitrogens is 4. The number of thiazole rings is 1. The summed E-state index contributed by atoms with van der Waals surface area (Å²) in [5, 5.41) is 4.01. The first kappa shape index (κ1) is 30.1. The van der Waals surface area contributed by atoms with E-state index < -0.39 is 26.9 Å². The predicted molar refractivity (Wildman–Crippen MR) is 176 cm³/mol. The summed E-state index contributed by atoms with van der Waals surface area (Å²) in [4.78, 5) is 39.5. The number of hydrogen-bond acceptors (Lipinski definition) is 10. The highest BCUT2D eigenvalue weighted by Crippen LogP contribution is 2.42. The molecule has 13 heteroatoms. The van der Waals surface area contributed by atoms with Gasteiger partial charge in [-0.1, -0.05) is 70.6 Å². The van der Waals surface area contributed by atoms with E-state index in [4.69, 9.17) is 9.51 Å². The molecule has 0 aliphatic heterocycles. The minimum Gasteiger partial charge on any atom is -0.341 e. The molecule has 2 aliphatic carbocycles. The number of aryl methyl sites for hydroxylation is 1. The molecule has 2 N–H and O–H groups in total. The molecule has 3 heterocycles. The molecule has 5 aromatic rings. The summed E-state index contributed by atoms with van der Waals surface area (Å²) in [5.74, 6) is -0.454. The predicted octanol–water partition coefficient (Wildman–Crippen LogP) is 5.72. The number of rotatable bonds is 11. The molecule has 3 aromatic heterocycles. The molecule has 2 aliphatic rings. The van der Waals surface area contributed by atoms with Gasteiger partial charge >= 0.3 is 5.76 Å². The summed E-state index contributed by atoms with van der Waals surface area (Å²) in [6, 6.07) is 17.7. The SMILES string of the molecule is Cc1ccc(-c2noc(=O)[nH]2)c(-c2ccc([C@@H](C)N(CC3CC3)c3nc(C(=O)NS(=O)(=O)C4CC4)c(-c4cccnc4)s3)cc2)c1. The first-order valence-corrected chi connectivity index (χ1v) is 17.5. The van der Waals surface area contributed by atoms with Gasteiger partial charge in [0.2, 0.25) is 10.0 Å². The number of carbonyl (C=O) groups is 1. The molecule has 0 unspecified atom stereocenters. The zero-order chi connectivity index (χ0) is 32.0. The zero-order valence-electron chi connectivity index (χ0n) is 25.3. The third-order valence-electron chi connectivity index (χ3n) is 8.39. The second-order valence-electron chi connectivity index (χ2n) is 12.0. The third-order valence-corrected chi connectivity index (χ3v) is 11.4. The van der Waals surface area contributed by atoms with Crippen molar-refractivity contribution in [2.45, 2.75) is 50.8 Å². The lowest BCUT2D eigenvalue weighted by molar-refractivity contribution is 0.0978. The van der Waals surface area contributed by atoms with Gasteiger partial charge in [0.05, 0.1) is 16.2 Å². The molecule has 2 aromatic carbocycles. The molecule has 2 saturated carbocycles. The smallest absolute Gasteiger partial charge is 0.341 e. The van der Waals surface area contributed by atoms with Gasteiger partial charge in [-0.2, -0.15) is 0 Å². The summed E-state index contributed by atoms with van der Waals surface area (Å²) in [6.45, 7) is 4.87. The van der Waals surface area contributed by atoms with Gasteiger partial charge in [0, 0.05) is 30.1 Å². The fraction of sp³-hybridized carbons (Fsp3) is 0.303. The van der Waals surface area contributed by atoms with E-state index >= 15 is 0 Å². The average Bonchev–Trinajstić information content (AvgIpc) is 3.99. The van der Waals surface area contributed by atoms with Crippen LogP contribution in [-0.4, -0.2) is 46.2 Å². The minimum atomic E-state index is -3.75. The van der Waals surface area contributed by atoms with E-state index in [1.807, 2.05) is 43.3 Å². The Morgan fingerprint density at radius 2 is 1.87 bits per heavy atom. The first-order chi connectivity index (χ1) is 22.2. The number of H-pyrrole nitrogens is 1. The maximum absolute atomic E-state index is 13.4. The normalized spacial score (nSPS) is 15.4. The van der Waals surface area contributed by atoms with Crippen molar-refractivity contribution < 1.29 is 17.7 Å². The average molecular weight is 657 g/mol. The number of amides is 1. The zero-order valence-corrected chi connectivity index (χ0v) is 26.9. The number of nitrogens with zero attached hydrogens (tertiary/aromatic N) is 4. The van der Waals surface area contributed by atoms with Gasteiger partial charge in [-0.15, -0.1) is 0 Å². The summed E-state index contributed by atoms with van der Waals surface area (Å²) in [6.07, 6.45) is 6.66. The number of sulfonamides is 1.